The van der Waals surface area contributed by atoms with Crippen LogP contribution in [-0.2, 0) is 24.0 Å². The molecular formula is C72H85F3N12O7S. The van der Waals surface area contributed by atoms with Crippen molar-refractivity contribution in [3.05, 3.63) is 88.7 Å². The number of nitrogens with one attached hydrogen (secondary N) is 3. The van der Waals surface area contributed by atoms with Gasteiger partial charge in [-0.25, -0.2) is 18.2 Å². The van der Waals surface area contributed by atoms with Gasteiger partial charge in [0.1, 0.15) is 40.7 Å². The Kier molecular flexibility index (Phi) is 18.4. The van der Waals surface area contributed by atoms with E-state index in [1.807, 2.05) is 68.7 Å². The minimum atomic E-state index is -1.97. The molecule has 6 aliphatic heterocycles. The van der Waals surface area contributed by atoms with Crippen molar-refractivity contribution < 1.29 is 47.0 Å². The third-order valence-corrected chi connectivity index (χ3v) is 22.3. The molecular weight excluding hydrogens is 1230 g/mol. The first kappa shape index (κ1) is 65.7. The Morgan fingerprint density at radius 1 is 0.874 bits per heavy atom. The monoisotopic (exact) mass is 1320 g/mol. The van der Waals surface area contributed by atoms with Gasteiger partial charge in [-0.15, -0.1) is 17.8 Å². The zero-order chi connectivity index (χ0) is 66.7. The predicted octanol–water partition coefficient (Wildman–Crippen LogP) is 9.41. The molecule has 1 aliphatic carbocycles. The lowest BCUT2D eigenvalue weighted by Crippen LogP contribution is -2.59. The number of phenolic OH excluding ortho intramolecular Hbond substituents is 1. The Labute approximate surface area is 556 Å². The second-order valence-corrected chi connectivity index (χ2v) is 29.8. The number of halogens is 3. The number of anilines is 1. The number of amides is 5. The average molecular weight is 1320 g/mol. The highest BCUT2D eigenvalue weighted by Gasteiger charge is 2.54. The number of terminal acetylenes is 1. The SMILES string of the molecule is C#Cc1c(F)ccc2cc(O)cc(-c3ncc4c(N5CC6CCC(C5)N6)nc(OCCCN5CCC(C(=O)N6CCC7(CCN(C(=O)C[C@H](NC(=O)[C@@H]8CC(C)CN8C(=O)[C@@H](NC(=O)C8(F)CC8)C(C)(C)C)c8ccc(-c9scnc9C)cc8)CC7)CC6)CC5)nc4c3F)c12. The molecule has 0 radical (unpaired) electrons. The van der Waals surface area contributed by atoms with Crippen LogP contribution < -0.4 is 25.6 Å². The van der Waals surface area contributed by atoms with Gasteiger partial charge in [0.15, 0.2) is 11.5 Å². The van der Waals surface area contributed by atoms with Crippen molar-refractivity contribution in [2.75, 3.05) is 77.0 Å². The molecule has 9 heterocycles. The first-order chi connectivity index (χ1) is 45.5. The van der Waals surface area contributed by atoms with Gasteiger partial charge in [-0.05, 0) is 149 Å². The van der Waals surface area contributed by atoms with Gasteiger partial charge >= 0.3 is 6.01 Å². The number of alkyl halides is 1. The zero-order valence-electron chi connectivity index (χ0n) is 54.8. The lowest BCUT2D eigenvalue weighted by Gasteiger charge is -2.47. The maximum Gasteiger partial charge on any atom is 0.319 e. The molecule has 7 fully saturated rings. The van der Waals surface area contributed by atoms with Crippen LogP contribution in [0, 0.1) is 53.6 Å². The Morgan fingerprint density at radius 3 is 2.22 bits per heavy atom. The van der Waals surface area contributed by atoms with Crippen LogP contribution in [0.1, 0.15) is 134 Å². The molecule has 3 aromatic carbocycles. The van der Waals surface area contributed by atoms with Gasteiger partial charge < -0.3 is 50.3 Å². The molecule has 1 spiro atoms. The standard InChI is InChI=1S/C72H85F3N12O7S/c1-7-51-54(73)16-13-47-34-50(88)35-52(58(47)51)60-59(74)61-53(37-76-60)64(86-39-48-14-15-49(40-86)78-48)82-69(80-61)94-32-8-25-83-26-17-46(18-27-83)66(91)85-30-23-71(24-31-85)21-28-84(29-22-71)57(89)36-55(44-9-11-45(12-10-44)62-43(3)77-41-95-62)79-65(90)56-33-42(2)38-87(56)67(92)63(70(4,5)6)81-68(93)72(75)19-20-72/h1,9-13,16,34-35,37,41-42,46,48-49,55-56,63,78,88H,8,14-15,17-33,36,38-40H2,2-6H3,(H,79,90)(H,81,93)/t42?,48?,49?,55-,56-,63+/m0/s1. The Balaban J connectivity index is 0.602. The Morgan fingerprint density at radius 2 is 1.57 bits per heavy atom. The van der Waals surface area contributed by atoms with Crippen molar-refractivity contribution in [1.29, 1.82) is 0 Å². The number of fused-ring (bicyclic) bond motifs is 4. The zero-order valence-corrected chi connectivity index (χ0v) is 55.6. The van der Waals surface area contributed by atoms with E-state index in [4.69, 9.17) is 16.1 Å². The number of benzene rings is 3. The summed E-state index contributed by atoms with van der Waals surface area (Å²) < 4.78 is 53.4. The number of hydrogen-bond donors (Lipinski definition) is 4. The smallest absolute Gasteiger partial charge is 0.319 e. The van der Waals surface area contributed by atoms with Gasteiger partial charge in [0.05, 0.1) is 46.1 Å². The van der Waals surface area contributed by atoms with Gasteiger partial charge in [-0.2, -0.15) is 9.97 Å². The van der Waals surface area contributed by atoms with Crippen molar-refractivity contribution in [3.63, 3.8) is 0 Å². The van der Waals surface area contributed by atoms with Gasteiger partial charge in [0, 0.05) is 87.5 Å². The van der Waals surface area contributed by atoms with Crippen molar-refractivity contribution in [1.82, 2.24) is 55.5 Å². The summed E-state index contributed by atoms with van der Waals surface area (Å²) in [6, 6.07) is 11.2. The summed E-state index contributed by atoms with van der Waals surface area (Å²) in [5, 5.41) is 21.4. The predicted molar refractivity (Wildman–Crippen MR) is 357 cm³/mol. The number of rotatable bonds is 17. The van der Waals surface area contributed by atoms with Crippen molar-refractivity contribution in [2.45, 2.75) is 154 Å². The van der Waals surface area contributed by atoms with Gasteiger partial charge in [-0.1, -0.05) is 63.9 Å². The quantitative estimate of drug-likeness (QED) is 0.0494. The van der Waals surface area contributed by atoms with Gasteiger partial charge in [0.2, 0.25) is 23.6 Å². The third kappa shape index (κ3) is 13.7. The molecule has 1 saturated carbocycles. The number of pyridine rings is 1. The lowest BCUT2D eigenvalue weighted by atomic mass is 9.71. The van der Waals surface area contributed by atoms with Gasteiger partial charge in [-0.3, -0.25) is 29.0 Å². The van der Waals surface area contributed by atoms with Crippen LogP contribution in [0.25, 0.3) is 43.4 Å². The van der Waals surface area contributed by atoms with Crippen LogP contribution >= 0.6 is 11.3 Å². The molecule has 6 saturated heterocycles. The van der Waals surface area contributed by atoms with E-state index in [2.05, 4.69) is 46.6 Å². The van der Waals surface area contributed by atoms with Crippen LogP contribution in [0.4, 0.5) is 19.0 Å². The van der Waals surface area contributed by atoms with E-state index in [-0.39, 0.29) is 107 Å². The summed E-state index contributed by atoms with van der Waals surface area (Å²) in [5.41, 5.74) is 1.61. The number of phenols is 1. The Bertz CT molecular complexity index is 3960. The lowest BCUT2D eigenvalue weighted by molar-refractivity contribution is -0.145. The second-order valence-electron chi connectivity index (χ2n) is 29.0. The molecule has 19 nitrogen and oxygen atoms in total. The number of piperidine rings is 3. The van der Waals surface area contributed by atoms with Crippen LogP contribution in [0.2, 0.25) is 0 Å². The van der Waals surface area contributed by atoms with Crippen molar-refractivity contribution in [3.8, 4) is 45.8 Å². The normalized spacial score (nSPS) is 22.6. The van der Waals surface area contributed by atoms with E-state index in [0.29, 0.717) is 75.2 Å². The number of hydrogen-bond acceptors (Lipinski definition) is 15. The highest BCUT2D eigenvalue weighted by atomic mass is 32.1. The molecule has 5 amide bonds. The first-order valence-electron chi connectivity index (χ1n) is 33.9. The molecule has 2 bridgehead atoms. The number of thiazole rings is 1. The summed E-state index contributed by atoms with van der Waals surface area (Å²) in [5.74, 6) is -0.273. The number of ether oxygens (including phenoxy) is 1. The van der Waals surface area contributed by atoms with Gasteiger partial charge in [0.25, 0.3) is 5.91 Å². The highest BCUT2D eigenvalue weighted by molar-refractivity contribution is 7.13. The number of carbonyl (C=O) groups excluding carboxylic acids is 5. The van der Waals surface area contributed by atoms with E-state index in [1.54, 1.807) is 5.51 Å². The van der Waals surface area contributed by atoms with Crippen LogP contribution in [0.15, 0.2) is 60.2 Å². The fourth-order valence-electron chi connectivity index (χ4n) is 15.5. The largest absolute Gasteiger partial charge is 0.508 e. The maximum absolute atomic E-state index is 17.1. The summed E-state index contributed by atoms with van der Waals surface area (Å²) in [7, 11) is 0. The number of aromatic hydroxyl groups is 1. The minimum absolute atomic E-state index is 0.00659. The van der Waals surface area contributed by atoms with Crippen LogP contribution in [0.3, 0.4) is 0 Å². The topological polar surface area (TPSA) is 219 Å². The molecule has 23 heteroatoms. The van der Waals surface area contributed by atoms with Crippen molar-refractivity contribution >= 4 is 68.4 Å². The van der Waals surface area contributed by atoms with E-state index >= 15 is 8.78 Å². The molecule has 6 atom stereocenters. The van der Waals surface area contributed by atoms with E-state index < -0.39 is 58.6 Å². The fourth-order valence-corrected chi connectivity index (χ4v) is 16.3. The maximum atomic E-state index is 17.1. The number of aromatic nitrogens is 4. The number of piperazine rings is 1. The Hall–Kier alpha value is -7.94. The highest BCUT2D eigenvalue weighted by Crippen LogP contribution is 2.45. The molecule has 4 N–H and O–H groups in total. The number of aryl methyl sites for hydroxylation is 1. The fraction of sp³-hybridized carbons (Fsp3) is 0.542. The molecule has 3 aromatic heterocycles. The molecule has 7 aliphatic rings. The number of nitrogens with zero attached hydrogens (tertiary/aromatic N) is 9. The third-order valence-electron chi connectivity index (χ3n) is 21.3. The molecule has 95 heavy (non-hydrogen) atoms. The van der Waals surface area contributed by atoms with E-state index in [0.717, 1.165) is 92.7 Å². The number of carbonyl (C=O) groups is 5. The summed E-state index contributed by atoms with van der Waals surface area (Å²) in [4.78, 5) is 100. The number of likely N-dealkylation sites (tertiary alicyclic amines) is 4. The molecule has 13 rings (SSSR count). The average Bonchev–Trinajstić information content (AvgIpc) is 1.57. The second kappa shape index (κ2) is 26.6. The molecule has 3 unspecified atom stereocenters. The molecule has 6 aromatic rings. The summed E-state index contributed by atoms with van der Waals surface area (Å²) >= 11 is 1.54. The first-order valence-corrected chi connectivity index (χ1v) is 34.7. The summed E-state index contributed by atoms with van der Waals surface area (Å²) in [6.07, 6.45) is 15.4. The van der Waals surface area contributed by atoms with E-state index in [1.165, 1.54) is 46.7 Å². The minimum Gasteiger partial charge on any atom is -0.508 e. The molecule has 502 valence electrons. The summed E-state index contributed by atoms with van der Waals surface area (Å²) in [6.45, 7) is 16.0. The van der Waals surface area contributed by atoms with Crippen LogP contribution in [0.5, 0.6) is 11.8 Å². The van der Waals surface area contributed by atoms with Crippen LogP contribution in [-0.4, -0.2) is 176 Å². The van der Waals surface area contributed by atoms with E-state index in [9.17, 15) is 33.5 Å². The van der Waals surface area contributed by atoms with Crippen molar-refractivity contribution in [2.24, 2.45) is 22.7 Å².